The molecule has 198 valence electrons. The number of phosphoric acid groups is 2. The van der Waals surface area contributed by atoms with E-state index < -0.39 is 82.1 Å². The van der Waals surface area contributed by atoms with E-state index in [1.807, 2.05) is 0 Å². The summed E-state index contributed by atoms with van der Waals surface area (Å²) in [6, 6.07) is 0. The zero-order valence-electron chi connectivity index (χ0n) is 18.7. The molecule has 3 rings (SSSR count). The molecule has 35 heavy (non-hydrogen) atoms. The minimum atomic E-state index is -5.62. The van der Waals surface area contributed by atoms with E-state index in [2.05, 4.69) is 18.3 Å². The van der Waals surface area contributed by atoms with E-state index in [1.54, 1.807) is 0 Å². The average Bonchev–Trinajstić information content (AvgIpc) is 3.06. The number of hydrogen-bond donors (Lipinski definition) is 3. The van der Waals surface area contributed by atoms with E-state index in [9.17, 15) is 43.5 Å². The molecule has 1 aromatic rings. The quantitative estimate of drug-likeness (QED) is 0.299. The average molecular weight is 542 g/mol. The number of aromatic amines is 1. The number of rotatable bonds is 8. The van der Waals surface area contributed by atoms with Crippen LogP contribution in [0.3, 0.4) is 0 Å². The van der Waals surface area contributed by atoms with Gasteiger partial charge in [0.05, 0.1) is 12.7 Å². The minimum absolute atomic E-state index is 0.164. The third-order valence-electron chi connectivity index (χ3n) is 5.32. The second-order valence-corrected chi connectivity index (χ2v) is 11.2. The smallest absolute Gasteiger partial charge is 0.330 e. The number of Topliss-reactive ketones (excluding diaryl/α,β-unsaturated/α-hetero) is 1. The Balaban J connectivity index is 1.58. The van der Waals surface area contributed by atoms with Crippen molar-refractivity contribution >= 4 is 21.4 Å². The van der Waals surface area contributed by atoms with Crippen LogP contribution in [-0.2, 0) is 36.8 Å². The Bertz CT molecular complexity index is 1180. The summed E-state index contributed by atoms with van der Waals surface area (Å²) in [5, 5.41) is 20.2. The molecule has 2 saturated heterocycles. The number of aromatic nitrogens is 2. The van der Waals surface area contributed by atoms with Gasteiger partial charge in [0.1, 0.15) is 24.0 Å². The number of aliphatic hydroxyl groups is 2. The zero-order chi connectivity index (χ0) is 26.3. The monoisotopic (exact) mass is 542 g/mol. The van der Waals surface area contributed by atoms with Gasteiger partial charge in [-0.05, 0) is 20.8 Å². The Morgan fingerprint density at radius 1 is 1.26 bits per heavy atom. The fourth-order valence-corrected chi connectivity index (χ4v) is 5.64. The van der Waals surface area contributed by atoms with Crippen molar-refractivity contribution in [1.82, 2.24) is 9.55 Å². The van der Waals surface area contributed by atoms with E-state index in [0.717, 1.165) is 11.5 Å². The van der Waals surface area contributed by atoms with Crippen molar-refractivity contribution in [3.63, 3.8) is 0 Å². The molecule has 0 radical (unpaired) electrons. The zero-order valence-corrected chi connectivity index (χ0v) is 20.5. The second kappa shape index (κ2) is 10.1. The lowest BCUT2D eigenvalue weighted by atomic mass is 9.91. The number of ether oxygens (including phenoxy) is 2. The Labute approximate surface area is 197 Å². The van der Waals surface area contributed by atoms with Crippen LogP contribution in [0.4, 0.5) is 0 Å². The summed E-state index contributed by atoms with van der Waals surface area (Å²) >= 11 is 0. The number of carbonyl (C=O) groups is 1. The van der Waals surface area contributed by atoms with Gasteiger partial charge in [-0.3, -0.25) is 32.8 Å². The fraction of sp³-hybridized carbons (Fsp3) is 0.706. The lowest BCUT2D eigenvalue weighted by molar-refractivity contribution is -0.265. The molecule has 0 aliphatic carbocycles. The first-order chi connectivity index (χ1) is 16.0. The van der Waals surface area contributed by atoms with E-state index >= 15 is 0 Å². The van der Waals surface area contributed by atoms with Crippen LogP contribution in [0.1, 0.15) is 38.5 Å². The maximum absolute atomic E-state index is 12.0. The standard InChI is InChI=1S/C17H26N2O14P2/c1-8-6-19(16(23)18-15(8)22)12-4-10(20)11(31-12)7-29-34(25,26)33-35(27,28)32-13-5-17(3,24)14(21)9(2)30-13/h6,9-13,20,24H,4-5,7H2,1-3H3,(H,25,26)(H,27,28)(H,18,22,23)/p-2/t9-,10-,11+,12+,13+,17+/m0/s1. The summed E-state index contributed by atoms with van der Waals surface area (Å²) in [5.74, 6) is -0.718. The number of nitrogens with zero attached hydrogens (tertiary/aromatic N) is 1. The second-order valence-electron chi connectivity index (χ2n) is 8.34. The maximum atomic E-state index is 12.0. The molecule has 3 N–H and O–H groups in total. The molecule has 0 bridgehead atoms. The summed E-state index contributed by atoms with van der Waals surface area (Å²) in [6.07, 6.45) is -6.19. The number of nitrogens with one attached hydrogen (secondary N) is 1. The predicted octanol–water partition coefficient (Wildman–Crippen LogP) is -2.06. The summed E-state index contributed by atoms with van der Waals surface area (Å²) < 4.78 is 48.5. The van der Waals surface area contributed by atoms with Gasteiger partial charge in [0.25, 0.3) is 21.2 Å². The first-order valence-electron chi connectivity index (χ1n) is 10.2. The van der Waals surface area contributed by atoms with Gasteiger partial charge in [0, 0.05) is 24.6 Å². The molecule has 16 nitrogen and oxygen atoms in total. The Morgan fingerprint density at radius 3 is 2.54 bits per heavy atom. The number of carbonyl (C=O) groups excluding carboxylic acids is 1. The minimum Gasteiger partial charge on any atom is -0.756 e. The Morgan fingerprint density at radius 2 is 1.91 bits per heavy atom. The summed E-state index contributed by atoms with van der Waals surface area (Å²) in [5.41, 5.74) is -3.21. The fourth-order valence-electron chi connectivity index (χ4n) is 3.57. The molecule has 18 heteroatoms. The maximum Gasteiger partial charge on any atom is 0.330 e. The number of hydrogen-bond acceptors (Lipinski definition) is 14. The molecule has 0 amide bonds. The molecule has 0 saturated carbocycles. The van der Waals surface area contributed by atoms with Crippen LogP contribution in [0.2, 0.25) is 0 Å². The van der Waals surface area contributed by atoms with E-state index in [-0.39, 0.29) is 12.0 Å². The van der Waals surface area contributed by atoms with Gasteiger partial charge in [-0.1, -0.05) is 0 Å². The Kier molecular flexibility index (Phi) is 8.07. The predicted molar refractivity (Wildman–Crippen MR) is 109 cm³/mol. The number of phosphoric ester groups is 2. The highest BCUT2D eigenvalue weighted by Gasteiger charge is 2.45. The molecule has 1 aromatic heterocycles. The van der Waals surface area contributed by atoms with Gasteiger partial charge in [0.2, 0.25) is 0 Å². The van der Waals surface area contributed by atoms with Gasteiger partial charge < -0.3 is 34.0 Å². The van der Waals surface area contributed by atoms with Crippen LogP contribution in [0.25, 0.3) is 0 Å². The van der Waals surface area contributed by atoms with Crippen LogP contribution >= 0.6 is 15.6 Å². The lowest BCUT2D eigenvalue weighted by Gasteiger charge is -2.39. The van der Waals surface area contributed by atoms with Crippen LogP contribution in [0.5, 0.6) is 0 Å². The molecule has 2 unspecified atom stereocenters. The van der Waals surface area contributed by atoms with Crippen LogP contribution < -0.4 is 21.0 Å². The highest BCUT2D eigenvalue weighted by Crippen LogP contribution is 2.57. The molecule has 8 atom stereocenters. The van der Waals surface area contributed by atoms with Crippen molar-refractivity contribution < 1.29 is 56.8 Å². The summed E-state index contributed by atoms with van der Waals surface area (Å²) in [7, 11) is -11.2. The van der Waals surface area contributed by atoms with Crippen molar-refractivity contribution in [2.24, 2.45) is 0 Å². The lowest BCUT2D eigenvalue weighted by Crippen LogP contribution is -2.52. The molecular formula is C17H24N2O14P2-2. The summed E-state index contributed by atoms with van der Waals surface area (Å²) in [4.78, 5) is 61.4. The van der Waals surface area contributed by atoms with Gasteiger partial charge in [-0.2, -0.15) is 0 Å². The van der Waals surface area contributed by atoms with Gasteiger partial charge >= 0.3 is 5.69 Å². The van der Waals surface area contributed by atoms with Gasteiger partial charge in [0.15, 0.2) is 12.1 Å². The van der Waals surface area contributed by atoms with Crippen LogP contribution in [0.15, 0.2) is 15.8 Å². The number of aryl methyl sites for hydroxylation is 1. The molecule has 0 spiro atoms. The van der Waals surface area contributed by atoms with E-state index in [1.165, 1.54) is 20.0 Å². The topological polar surface area (TPSA) is 239 Å². The molecule has 2 fully saturated rings. The highest BCUT2D eigenvalue weighted by atomic mass is 31.3. The van der Waals surface area contributed by atoms with Gasteiger partial charge in [-0.15, -0.1) is 0 Å². The molecule has 0 aromatic carbocycles. The number of ketones is 1. The summed E-state index contributed by atoms with van der Waals surface area (Å²) in [6.45, 7) is 2.92. The van der Waals surface area contributed by atoms with Crippen molar-refractivity contribution in [1.29, 1.82) is 0 Å². The molecule has 2 aliphatic rings. The third-order valence-corrected chi connectivity index (χ3v) is 7.88. The van der Waals surface area contributed by atoms with Gasteiger partial charge in [-0.25, -0.2) is 9.11 Å². The molecular weight excluding hydrogens is 518 g/mol. The SMILES string of the molecule is Cc1cn([C@H]2C[C@H](O)[C@@H](COP(=O)([O-])OP(=O)([O-])O[C@@H]3C[C@@](C)(O)C(=O)[C@H](C)O3)O2)c(=O)[nH]c1=O. The van der Waals surface area contributed by atoms with Crippen molar-refractivity contribution in [3.8, 4) is 0 Å². The first-order valence-corrected chi connectivity index (χ1v) is 13.2. The van der Waals surface area contributed by atoms with E-state index in [4.69, 9.17) is 9.47 Å². The van der Waals surface area contributed by atoms with Crippen LogP contribution in [-0.4, -0.2) is 62.4 Å². The normalized spacial score (nSPS) is 34.9. The van der Waals surface area contributed by atoms with E-state index in [0.29, 0.717) is 0 Å². The van der Waals surface area contributed by atoms with Crippen molar-refractivity contribution in [2.45, 2.75) is 70.0 Å². The van der Waals surface area contributed by atoms with Crippen molar-refractivity contribution in [3.05, 3.63) is 32.6 Å². The number of aliphatic hydroxyl groups excluding tert-OH is 1. The molecule has 2 aliphatic heterocycles. The highest BCUT2D eigenvalue weighted by molar-refractivity contribution is 7.59. The molecule has 3 heterocycles. The first kappa shape index (κ1) is 28.0. The largest absolute Gasteiger partial charge is 0.756 e. The Hall–Kier alpha value is -1.55. The van der Waals surface area contributed by atoms with Crippen LogP contribution in [0, 0.1) is 6.92 Å². The third kappa shape index (κ3) is 6.81. The number of H-pyrrole nitrogens is 1. The van der Waals surface area contributed by atoms with Crippen molar-refractivity contribution in [2.75, 3.05) is 6.61 Å².